The Bertz CT molecular complexity index is 824. The molecule has 2 heterocycles. The molecule has 2 N–H and O–H groups in total. The van der Waals surface area contributed by atoms with Crippen molar-refractivity contribution in [2.24, 2.45) is 0 Å². The quantitative estimate of drug-likeness (QED) is 0.714. The lowest BCUT2D eigenvalue weighted by atomic mass is 10.0. The maximum Gasteiger partial charge on any atom is 0.255 e. The van der Waals surface area contributed by atoms with Gasteiger partial charge in [-0.1, -0.05) is 6.92 Å². The number of likely N-dealkylation sites (N-methyl/N-ethyl adjacent to an activating group) is 2. The summed E-state index contributed by atoms with van der Waals surface area (Å²) in [6.45, 7) is 6.63. The van der Waals surface area contributed by atoms with Crippen molar-refractivity contribution in [1.82, 2.24) is 15.5 Å². The number of piperidine rings is 1. The predicted octanol–water partition coefficient (Wildman–Crippen LogP) is 1.80. The van der Waals surface area contributed by atoms with Crippen LogP contribution >= 0.6 is 0 Å². The van der Waals surface area contributed by atoms with Gasteiger partial charge in [-0.05, 0) is 62.9 Å². The van der Waals surface area contributed by atoms with E-state index in [4.69, 9.17) is 0 Å². The second-order valence-corrected chi connectivity index (χ2v) is 8.19. The van der Waals surface area contributed by atoms with Crippen LogP contribution in [0.3, 0.4) is 0 Å². The molecule has 1 aromatic rings. The fourth-order valence-corrected chi connectivity index (χ4v) is 5.16. The molecule has 29 heavy (non-hydrogen) atoms. The van der Waals surface area contributed by atoms with E-state index in [1.165, 1.54) is 19.3 Å². The van der Waals surface area contributed by atoms with Crippen LogP contribution in [0.1, 0.15) is 61.9 Å². The number of imide groups is 1. The Morgan fingerprint density at radius 3 is 2.72 bits per heavy atom. The third kappa shape index (κ3) is 3.64. The molecule has 7 heteroatoms. The van der Waals surface area contributed by atoms with Gasteiger partial charge in [0.25, 0.3) is 5.91 Å². The van der Waals surface area contributed by atoms with Crippen LogP contribution in [-0.2, 0) is 16.1 Å². The summed E-state index contributed by atoms with van der Waals surface area (Å²) in [5.41, 5.74) is 2.77. The SMILES string of the molecule is CCNC1CCC[C@H]1N(CC)c1ccc2c(c1)CN(C1CCC(=O)NC1=O)C2=O. The summed E-state index contributed by atoms with van der Waals surface area (Å²) in [4.78, 5) is 40.6. The van der Waals surface area contributed by atoms with Crippen molar-refractivity contribution in [3.63, 3.8) is 0 Å². The lowest BCUT2D eigenvalue weighted by molar-refractivity contribution is -0.136. The molecule has 1 saturated carbocycles. The lowest BCUT2D eigenvalue weighted by Gasteiger charge is -2.34. The number of anilines is 1. The van der Waals surface area contributed by atoms with Gasteiger partial charge in [0, 0.05) is 42.8 Å². The maximum atomic E-state index is 12.9. The molecular weight excluding hydrogens is 368 g/mol. The zero-order chi connectivity index (χ0) is 20.5. The Morgan fingerprint density at radius 1 is 1.17 bits per heavy atom. The van der Waals surface area contributed by atoms with Crippen molar-refractivity contribution in [2.45, 2.75) is 70.6 Å². The van der Waals surface area contributed by atoms with E-state index in [-0.39, 0.29) is 24.1 Å². The molecule has 0 spiro atoms. The molecule has 2 unspecified atom stereocenters. The number of hydrogen-bond acceptors (Lipinski definition) is 5. The number of hydrogen-bond donors (Lipinski definition) is 2. The number of rotatable bonds is 6. The van der Waals surface area contributed by atoms with E-state index in [1.807, 2.05) is 12.1 Å². The smallest absolute Gasteiger partial charge is 0.255 e. The molecule has 0 bridgehead atoms. The second-order valence-electron chi connectivity index (χ2n) is 8.19. The van der Waals surface area contributed by atoms with E-state index in [0.29, 0.717) is 30.6 Å². The normalized spacial score (nSPS) is 26.6. The summed E-state index contributed by atoms with van der Waals surface area (Å²) in [6, 6.07) is 6.44. The number of nitrogens with zero attached hydrogens (tertiary/aromatic N) is 2. The van der Waals surface area contributed by atoms with Crippen LogP contribution in [0.5, 0.6) is 0 Å². The van der Waals surface area contributed by atoms with Gasteiger partial charge in [0.15, 0.2) is 0 Å². The third-order valence-electron chi connectivity index (χ3n) is 6.53. The summed E-state index contributed by atoms with van der Waals surface area (Å²) >= 11 is 0. The molecule has 2 fully saturated rings. The highest BCUT2D eigenvalue weighted by Gasteiger charge is 2.39. The molecule has 3 amide bonds. The summed E-state index contributed by atoms with van der Waals surface area (Å²) < 4.78 is 0. The topological polar surface area (TPSA) is 81.8 Å². The predicted molar refractivity (Wildman–Crippen MR) is 111 cm³/mol. The van der Waals surface area contributed by atoms with Crippen molar-refractivity contribution in [2.75, 3.05) is 18.0 Å². The van der Waals surface area contributed by atoms with E-state index < -0.39 is 6.04 Å². The maximum absolute atomic E-state index is 12.9. The first kappa shape index (κ1) is 19.9. The highest BCUT2D eigenvalue weighted by molar-refractivity contribution is 6.05. The minimum atomic E-state index is -0.564. The Kier molecular flexibility index (Phi) is 5.58. The van der Waals surface area contributed by atoms with Crippen LogP contribution in [0.2, 0.25) is 0 Å². The Hall–Kier alpha value is -2.41. The van der Waals surface area contributed by atoms with Gasteiger partial charge in [0.05, 0.1) is 0 Å². The summed E-state index contributed by atoms with van der Waals surface area (Å²) in [7, 11) is 0. The average molecular weight is 399 g/mol. The highest BCUT2D eigenvalue weighted by atomic mass is 16.2. The van der Waals surface area contributed by atoms with Crippen LogP contribution in [0.15, 0.2) is 18.2 Å². The first-order valence-corrected chi connectivity index (χ1v) is 10.8. The Balaban J connectivity index is 1.55. The van der Waals surface area contributed by atoms with Crippen molar-refractivity contribution < 1.29 is 14.4 Å². The number of fused-ring (bicyclic) bond motifs is 1. The van der Waals surface area contributed by atoms with Gasteiger partial charge in [-0.25, -0.2) is 0 Å². The molecule has 1 saturated heterocycles. The molecule has 2 aliphatic heterocycles. The van der Waals surface area contributed by atoms with E-state index in [2.05, 4.69) is 35.4 Å². The van der Waals surface area contributed by atoms with E-state index in [1.54, 1.807) is 4.90 Å². The molecule has 1 aliphatic carbocycles. The third-order valence-corrected chi connectivity index (χ3v) is 6.53. The van der Waals surface area contributed by atoms with E-state index in [9.17, 15) is 14.4 Å². The zero-order valence-corrected chi connectivity index (χ0v) is 17.2. The molecule has 1 aromatic carbocycles. The van der Waals surface area contributed by atoms with E-state index >= 15 is 0 Å². The van der Waals surface area contributed by atoms with Crippen molar-refractivity contribution in [3.8, 4) is 0 Å². The molecule has 4 rings (SSSR count). The monoisotopic (exact) mass is 398 g/mol. The number of carbonyl (C=O) groups excluding carboxylic acids is 3. The zero-order valence-electron chi connectivity index (χ0n) is 17.2. The van der Waals surface area contributed by atoms with Crippen LogP contribution in [-0.4, -0.2) is 53.8 Å². The molecule has 3 atom stereocenters. The fraction of sp³-hybridized carbons (Fsp3) is 0.591. The first-order valence-electron chi connectivity index (χ1n) is 10.8. The highest BCUT2D eigenvalue weighted by Crippen LogP contribution is 2.33. The standard InChI is InChI=1S/C22H30N4O3/c1-3-23-17-6-5-7-18(17)25(4-2)15-8-9-16-14(12-15)13-26(22(16)29)19-10-11-20(27)24-21(19)28/h8-9,12,17-19,23H,3-7,10-11,13H2,1-2H3,(H,24,27,28)/t17?,18-,19?/m1/s1. The number of carbonyl (C=O) groups is 3. The first-order chi connectivity index (χ1) is 14.0. The van der Waals surface area contributed by atoms with Crippen LogP contribution < -0.4 is 15.5 Å². The number of amides is 3. The molecule has 0 radical (unpaired) electrons. The lowest BCUT2D eigenvalue weighted by Crippen LogP contribution is -2.52. The Morgan fingerprint density at radius 2 is 2.00 bits per heavy atom. The Labute approximate surface area is 171 Å². The van der Waals surface area contributed by atoms with Crippen LogP contribution in [0.4, 0.5) is 5.69 Å². The van der Waals surface area contributed by atoms with Gasteiger partial charge >= 0.3 is 0 Å². The van der Waals surface area contributed by atoms with Crippen molar-refractivity contribution in [3.05, 3.63) is 29.3 Å². The van der Waals surface area contributed by atoms with Crippen molar-refractivity contribution >= 4 is 23.4 Å². The minimum absolute atomic E-state index is 0.115. The van der Waals surface area contributed by atoms with Crippen molar-refractivity contribution in [1.29, 1.82) is 0 Å². The number of nitrogens with one attached hydrogen (secondary N) is 2. The summed E-state index contributed by atoms with van der Waals surface area (Å²) in [5.74, 6) is -0.740. The van der Waals surface area contributed by atoms with E-state index in [0.717, 1.165) is 24.3 Å². The number of benzene rings is 1. The molecule has 156 valence electrons. The largest absolute Gasteiger partial charge is 0.367 e. The van der Waals surface area contributed by atoms with Gasteiger partial charge in [0.1, 0.15) is 6.04 Å². The van der Waals surface area contributed by atoms with Crippen LogP contribution in [0.25, 0.3) is 0 Å². The van der Waals surface area contributed by atoms with Gasteiger partial charge < -0.3 is 15.1 Å². The fourth-order valence-electron chi connectivity index (χ4n) is 5.16. The second kappa shape index (κ2) is 8.14. The van der Waals surface area contributed by atoms with Crippen LogP contribution in [0, 0.1) is 0 Å². The van der Waals surface area contributed by atoms with Gasteiger partial charge in [-0.2, -0.15) is 0 Å². The van der Waals surface area contributed by atoms with Gasteiger partial charge in [0.2, 0.25) is 11.8 Å². The van der Waals surface area contributed by atoms with Gasteiger partial charge in [-0.3, -0.25) is 19.7 Å². The van der Waals surface area contributed by atoms with Gasteiger partial charge in [-0.15, -0.1) is 0 Å². The molecule has 7 nitrogen and oxygen atoms in total. The summed E-state index contributed by atoms with van der Waals surface area (Å²) in [6.07, 6.45) is 4.26. The summed E-state index contributed by atoms with van der Waals surface area (Å²) in [5, 5.41) is 5.98. The molecule has 3 aliphatic rings. The minimum Gasteiger partial charge on any atom is -0.367 e. The molecule has 0 aromatic heterocycles. The average Bonchev–Trinajstić information content (AvgIpc) is 3.28. The molecular formula is C22H30N4O3.